The number of hydrogen-bond acceptors (Lipinski definition) is 3. The highest BCUT2D eigenvalue weighted by atomic mass is 16.5. The van der Waals surface area contributed by atoms with E-state index in [0.29, 0.717) is 13.0 Å². The van der Waals surface area contributed by atoms with Gasteiger partial charge in [-0.2, -0.15) is 0 Å². The van der Waals surface area contributed by atoms with Crippen molar-refractivity contribution in [1.82, 2.24) is 4.90 Å². The normalized spacial score (nSPS) is 10.4. The van der Waals surface area contributed by atoms with E-state index in [0.717, 1.165) is 12.0 Å². The van der Waals surface area contributed by atoms with E-state index < -0.39 is 0 Å². The minimum Gasteiger partial charge on any atom is -0.469 e. The monoisotopic (exact) mass is 277 g/mol. The number of aryl methyl sites for hydroxylation is 1. The lowest BCUT2D eigenvalue weighted by molar-refractivity contribution is -0.142. The molecule has 110 valence electrons. The summed E-state index contributed by atoms with van der Waals surface area (Å²) in [5.41, 5.74) is 1.15. The van der Waals surface area contributed by atoms with Crippen LogP contribution in [0.15, 0.2) is 30.3 Å². The molecule has 0 saturated carbocycles. The van der Waals surface area contributed by atoms with E-state index in [9.17, 15) is 9.59 Å². The van der Waals surface area contributed by atoms with Gasteiger partial charge in [-0.3, -0.25) is 9.59 Å². The van der Waals surface area contributed by atoms with Gasteiger partial charge >= 0.3 is 5.97 Å². The molecule has 0 aliphatic carbocycles. The SMILES string of the molecule is COC(=O)CCN(C(=O)CCc1ccccc1)C(C)C. The van der Waals surface area contributed by atoms with Gasteiger partial charge in [-0.1, -0.05) is 30.3 Å². The van der Waals surface area contributed by atoms with Gasteiger partial charge in [0.2, 0.25) is 5.91 Å². The lowest BCUT2D eigenvalue weighted by Gasteiger charge is -2.26. The average Bonchev–Trinajstić information content (AvgIpc) is 2.45. The Bertz CT molecular complexity index is 429. The number of esters is 1. The van der Waals surface area contributed by atoms with Gasteiger partial charge < -0.3 is 9.64 Å². The fourth-order valence-corrected chi connectivity index (χ4v) is 2.02. The molecule has 0 fully saturated rings. The minimum atomic E-state index is -0.286. The molecule has 0 aliphatic heterocycles. The van der Waals surface area contributed by atoms with Crippen molar-refractivity contribution in [2.24, 2.45) is 0 Å². The zero-order chi connectivity index (χ0) is 15.0. The molecule has 1 aromatic carbocycles. The van der Waals surface area contributed by atoms with Gasteiger partial charge in [-0.05, 0) is 25.8 Å². The Labute approximate surface area is 120 Å². The molecule has 0 unspecified atom stereocenters. The van der Waals surface area contributed by atoms with Crippen LogP contribution in [-0.2, 0) is 20.7 Å². The Morgan fingerprint density at radius 2 is 1.80 bits per heavy atom. The molecular weight excluding hydrogens is 254 g/mol. The summed E-state index contributed by atoms with van der Waals surface area (Å²) in [6.07, 6.45) is 1.43. The van der Waals surface area contributed by atoms with E-state index in [1.54, 1.807) is 4.90 Å². The zero-order valence-corrected chi connectivity index (χ0v) is 12.5. The van der Waals surface area contributed by atoms with Crippen LogP contribution in [0.2, 0.25) is 0 Å². The van der Waals surface area contributed by atoms with E-state index in [1.807, 2.05) is 44.2 Å². The summed E-state index contributed by atoms with van der Waals surface area (Å²) in [6, 6.07) is 10.0. The van der Waals surface area contributed by atoms with Gasteiger partial charge in [0, 0.05) is 19.0 Å². The predicted molar refractivity (Wildman–Crippen MR) is 78.2 cm³/mol. The van der Waals surface area contributed by atoms with Gasteiger partial charge in [0.15, 0.2) is 0 Å². The van der Waals surface area contributed by atoms with E-state index in [2.05, 4.69) is 4.74 Å². The van der Waals surface area contributed by atoms with Crippen molar-refractivity contribution < 1.29 is 14.3 Å². The van der Waals surface area contributed by atoms with Gasteiger partial charge in [0.25, 0.3) is 0 Å². The largest absolute Gasteiger partial charge is 0.469 e. The number of amides is 1. The van der Waals surface area contributed by atoms with Gasteiger partial charge in [-0.15, -0.1) is 0 Å². The Morgan fingerprint density at radius 3 is 2.35 bits per heavy atom. The minimum absolute atomic E-state index is 0.0766. The maximum Gasteiger partial charge on any atom is 0.307 e. The fourth-order valence-electron chi connectivity index (χ4n) is 2.02. The molecule has 0 aliphatic rings. The van der Waals surface area contributed by atoms with Crippen LogP contribution in [0.1, 0.15) is 32.3 Å². The molecule has 4 heteroatoms. The standard InChI is InChI=1S/C16H23NO3/c1-13(2)17(12-11-16(19)20-3)15(18)10-9-14-7-5-4-6-8-14/h4-8,13H,9-12H2,1-3H3. The van der Waals surface area contributed by atoms with Gasteiger partial charge in [-0.25, -0.2) is 0 Å². The third kappa shape index (κ3) is 5.43. The Kier molecular flexibility index (Phi) is 6.77. The Hall–Kier alpha value is -1.84. The van der Waals surface area contributed by atoms with Crippen LogP contribution in [0, 0.1) is 0 Å². The number of methoxy groups -OCH3 is 1. The second kappa shape index (κ2) is 8.35. The van der Waals surface area contributed by atoms with Crippen LogP contribution in [0.25, 0.3) is 0 Å². The first kappa shape index (κ1) is 16.2. The second-order valence-electron chi connectivity index (χ2n) is 4.99. The maximum atomic E-state index is 12.2. The van der Waals surface area contributed by atoms with Crippen LogP contribution in [0.5, 0.6) is 0 Å². The lowest BCUT2D eigenvalue weighted by atomic mass is 10.1. The van der Waals surface area contributed by atoms with E-state index in [1.165, 1.54) is 7.11 Å². The van der Waals surface area contributed by atoms with Crippen molar-refractivity contribution in [2.45, 2.75) is 39.2 Å². The molecule has 4 nitrogen and oxygen atoms in total. The van der Waals surface area contributed by atoms with Crippen molar-refractivity contribution in [3.63, 3.8) is 0 Å². The third-order valence-corrected chi connectivity index (χ3v) is 3.20. The number of hydrogen-bond donors (Lipinski definition) is 0. The first-order chi connectivity index (χ1) is 9.54. The fraction of sp³-hybridized carbons (Fsp3) is 0.500. The van der Waals surface area contributed by atoms with Crippen LogP contribution in [0.3, 0.4) is 0 Å². The van der Waals surface area contributed by atoms with Crippen molar-refractivity contribution in [1.29, 1.82) is 0 Å². The highest BCUT2D eigenvalue weighted by Gasteiger charge is 2.17. The Balaban J connectivity index is 2.49. The van der Waals surface area contributed by atoms with Crippen LogP contribution < -0.4 is 0 Å². The quantitative estimate of drug-likeness (QED) is 0.719. The van der Waals surface area contributed by atoms with Crippen molar-refractivity contribution in [3.8, 4) is 0 Å². The molecule has 0 saturated heterocycles. The molecule has 1 rings (SSSR count). The smallest absolute Gasteiger partial charge is 0.307 e. The zero-order valence-electron chi connectivity index (χ0n) is 12.5. The Morgan fingerprint density at radius 1 is 1.15 bits per heavy atom. The predicted octanol–water partition coefficient (Wildman–Crippen LogP) is 2.42. The van der Waals surface area contributed by atoms with Crippen molar-refractivity contribution in [3.05, 3.63) is 35.9 Å². The summed E-state index contributed by atoms with van der Waals surface area (Å²) in [6.45, 7) is 4.33. The summed E-state index contributed by atoms with van der Waals surface area (Å²) < 4.78 is 4.61. The second-order valence-corrected chi connectivity index (χ2v) is 4.99. The molecular formula is C16H23NO3. The third-order valence-electron chi connectivity index (χ3n) is 3.20. The highest BCUT2D eigenvalue weighted by Crippen LogP contribution is 2.08. The number of ether oxygens (including phenoxy) is 1. The number of rotatable bonds is 7. The summed E-state index contributed by atoms with van der Waals surface area (Å²) in [5.74, 6) is -0.209. The number of carbonyl (C=O) groups excluding carboxylic acids is 2. The first-order valence-electron chi connectivity index (χ1n) is 6.94. The molecule has 0 spiro atoms. The average molecular weight is 277 g/mol. The van der Waals surface area contributed by atoms with Crippen molar-refractivity contribution in [2.75, 3.05) is 13.7 Å². The molecule has 0 heterocycles. The van der Waals surface area contributed by atoms with E-state index in [-0.39, 0.29) is 24.3 Å². The molecule has 0 radical (unpaired) electrons. The van der Waals surface area contributed by atoms with Crippen molar-refractivity contribution >= 4 is 11.9 Å². The summed E-state index contributed by atoms with van der Waals surface area (Å²) in [7, 11) is 1.36. The van der Waals surface area contributed by atoms with Crippen LogP contribution in [0.4, 0.5) is 0 Å². The molecule has 0 atom stereocenters. The lowest BCUT2D eigenvalue weighted by Crippen LogP contribution is -2.38. The molecule has 0 aromatic heterocycles. The number of nitrogens with zero attached hydrogens (tertiary/aromatic N) is 1. The molecule has 0 N–H and O–H groups in total. The van der Waals surface area contributed by atoms with Gasteiger partial charge in [0.05, 0.1) is 13.5 Å². The molecule has 1 amide bonds. The maximum absolute atomic E-state index is 12.2. The molecule has 1 aromatic rings. The topological polar surface area (TPSA) is 46.6 Å². The molecule has 0 bridgehead atoms. The van der Waals surface area contributed by atoms with E-state index >= 15 is 0 Å². The summed E-state index contributed by atoms with van der Waals surface area (Å²) in [5, 5.41) is 0. The summed E-state index contributed by atoms with van der Waals surface area (Å²) >= 11 is 0. The van der Waals surface area contributed by atoms with Crippen LogP contribution in [-0.4, -0.2) is 36.5 Å². The number of benzene rings is 1. The first-order valence-corrected chi connectivity index (χ1v) is 6.94. The van der Waals surface area contributed by atoms with Gasteiger partial charge in [0.1, 0.15) is 0 Å². The number of carbonyl (C=O) groups is 2. The van der Waals surface area contributed by atoms with Crippen LogP contribution >= 0.6 is 0 Å². The highest BCUT2D eigenvalue weighted by molar-refractivity contribution is 5.77. The summed E-state index contributed by atoms with van der Waals surface area (Å²) in [4.78, 5) is 25.1. The molecule has 20 heavy (non-hydrogen) atoms. The van der Waals surface area contributed by atoms with E-state index in [4.69, 9.17) is 0 Å².